The molecule has 1 heterocycles. The van der Waals surface area contributed by atoms with Crippen molar-refractivity contribution in [1.82, 2.24) is 4.90 Å². The number of hydrogen-bond acceptors (Lipinski definition) is 3. The molecule has 1 unspecified atom stereocenters. The van der Waals surface area contributed by atoms with E-state index < -0.39 is 0 Å². The zero-order valence-corrected chi connectivity index (χ0v) is 11.7. The Kier molecular flexibility index (Phi) is 4.83. The first-order chi connectivity index (χ1) is 8.25. The minimum absolute atomic E-state index is 0.599. The average Bonchev–Trinajstić information content (AvgIpc) is 2.85. The van der Waals surface area contributed by atoms with Crippen LogP contribution in [0.3, 0.4) is 0 Å². The molecule has 0 amide bonds. The fraction of sp³-hybridized carbons (Fsp3) is 0.538. The lowest BCUT2D eigenvalue weighted by atomic mass is 10.2. The van der Waals surface area contributed by atoms with E-state index in [0.717, 1.165) is 37.2 Å². The molecule has 94 valence electrons. The van der Waals surface area contributed by atoms with Gasteiger partial charge in [0.05, 0.1) is 6.61 Å². The van der Waals surface area contributed by atoms with Crippen LogP contribution in [0.15, 0.2) is 28.7 Å². The molecule has 0 saturated carbocycles. The van der Waals surface area contributed by atoms with Gasteiger partial charge in [-0.3, -0.25) is 4.90 Å². The lowest BCUT2D eigenvalue weighted by Crippen LogP contribution is -2.35. The molecule has 1 fully saturated rings. The minimum Gasteiger partial charge on any atom is -0.384 e. The van der Waals surface area contributed by atoms with Gasteiger partial charge in [-0.05, 0) is 37.7 Å². The summed E-state index contributed by atoms with van der Waals surface area (Å²) in [6.45, 7) is 3.81. The highest BCUT2D eigenvalue weighted by Crippen LogP contribution is 2.14. The van der Waals surface area contributed by atoms with Crippen LogP contribution < -0.4 is 5.32 Å². The van der Waals surface area contributed by atoms with Crippen LogP contribution in [0.25, 0.3) is 0 Å². The van der Waals surface area contributed by atoms with Crippen LogP contribution in [0.4, 0.5) is 5.69 Å². The second-order valence-electron chi connectivity index (χ2n) is 4.43. The highest BCUT2D eigenvalue weighted by atomic mass is 79.9. The summed E-state index contributed by atoms with van der Waals surface area (Å²) >= 11 is 3.43. The largest absolute Gasteiger partial charge is 0.384 e. The minimum atomic E-state index is 0.599. The Morgan fingerprint density at radius 2 is 2.18 bits per heavy atom. The molecule has 1 aliphatic rings. The van der Waals surface area contributed by atoms with Crippen LogP contribution in [0.1, 0.15) is 6.42 Å². The molecule has 1 aromatic carbocycles. The smallest absolute Gasteiger partial charge is 0.0622 e. The molecule has 1 atom stereocenters. The summed E-state index contributed by atoms with van der Waals surface area (Å²) in [4.78, 5) is 2.37. The molecule has 1 saturated heterocycles. The molecule has 0 bridgehead atoms. The molecule has 0 aromatic heterocycles. The summed E-state index contributed by atoms with van der Waals surface area (Å²) in [6.07, 6.45) is 1.16. The maximum atomic E-state index is 5.39. The molecular formula is C13H19BrN2O. The Hall–Kier alpha value is -0.580. The quantitative estimate of drug-likeness (QED) is 0.904. The number of halogens is 1. The third kappa shape index (κ3) is 3.98. The van der Waals surface area contributed by atoms with E-state index in [1.165, 1.54) is 5.69 Å². The van der Waals surface area contributed by atoms with Gasteiger partial charge < -0.3 is 10.1 Å². The van der Waals surface area contributed by atoms with E-state index in [4.69, 9.17) is 4.74 Å². The molecule has 4 heteroatoms. The number of nitrogens with zero attached hydrogens (tertiary/aromatic N) is 1. The second-order valence-corrected chi connectivity index (χ2v) is 5.35. The third-order valence-electron chi connectivity index (χ3n) is 3.17. The van der Waals surface area contributed by atoms with Crippen molar-refractivity contribution in [2.75, 3.05) is 38.7 Å². The summed E-state index contributed by atoms with van der Waals surface area (Å²) in [5.41, 5.74) is 1.17. The Morgan fingerprint density at radius 1 is 1.41 bits per heavy atom. The van der Waals surface area contributed by atoms with Gasteiger partial charge in [0, 0.05) is 35.9 Å². The van der Waals surface area contributed by atoms with Gasteiger partial charge in [0.15, 0.2) is 0 Å². The van der Waals surface area contributed by atoms with E-state index in [1.54, 1.807) is 0 Å². The molecule has 0 radical (unpaired) electrons. The fourth-order valence-electron chi connectivity index (χ4n) is 2.00. The number of ether oxygens (including phenoxy) is 1. The van der Waals surface area contributed by atoms with Gasteiger partial charge >= 0.3 is 0 Å². The van der Waals surface area contributed by atoms with Gasteiger partial charge in [-0.2, -0.15) is 0 Å². The maximum Gasteiger partial charge on any atom is 0.0622 e. The molecule has 17 heavy (non-hydrogen) atoms. The van der Waals surface area contributed by atoms with E-state index >= 15 is 0 Å². The summed E-state index contributed by atoms with van der Waals surface area (Å²) < 4.78 is 6.50. The molecule has 3 nitrogen and oxygen atoms in total. The summed E-state index contributed by atoms with van der Waals surface area (Å²) in [5.74, 6) is 0. The molecule has 1 N–H and O–H groups in total. The Balaban J connectivity index is 1.70. The highest BCUT2D eigenvalue weighted by Gasteiger charge is 2.19. The monoisotopic (exact) mass is 298 g/mol. The van der Waals surface area contributed by atoms with E-state index in [-0.39, 0.29) is 0 Å². The van der Waals surface area contributed by atoms with Crippen LogP contribution >= 0.6 is 15.9 Å². The number of nitrogens with one attached hydrogen (secondary N) is 1. The molecule has 2 rings (SSSR count). The van der Waals surface area contributed by atoms with Crippen molar-refractivity contribution in [3.05, 3.63) is 28.7 Å². The van der Waals surface area contributed by atoms with E-state index in [1.807, 2.05) is 0 Å². The van der Waals surface area contributed by atoms with Crippen molar-refractivity contribution >= 4 is 21.6 Å². The summed E-state index contributed by atoms with van der Waals surface area (Å²) in [5, 5.41) is 3.42. The summed E-state index contributed by atoms with van der Waals surface area (Å²) in [6, 6.07) is 8.88. The number of hydrogen-bond donors (Lipinski definition) is 1. The second kappa shape index (κ2) is 6.38. The van der Waals surface area contributed by atoms with E-state index in [0.29, 0.717) is 6.04 Å². The van der Waals surface area contributed by atoms with Crippen LogP contribution in [0.5, 0.6) is 0 Å². The number of rotatable bonds is 5. The predicted molar refractivity (Wildman–Crippen MR) is 74.5 cm³/mol. The van der Waals surface area contributed by atoms with Crippen LogP contribution in [0.2, 0.25) is 0 Å². The lowest BCUT2D eigenvalue weighted by Gasteiger charge is -2.23. The van der Waals surface area contributed by atoms with Crippen molar-refractivity contribution in [3.8, 4) is 0 Å². The van der Waals surface area contributed by atoms with Gasteiger partial charge in [0.25, 0.3) is 0 Å². The first kappa shape index (κ1) is 12.9. The standard InChI is InChI=1S/C13H19BrN2O/c1-16(13-6-9-17-10-13)8-7-15-12-4-2-11(14)3-5-12/h2-5,13,15H,6-10H2,1H3. The Bertz CT molecular complexity index is 336. The lowest BCUT2D eigenvalue weighted by molar-refractivity contribution is 0.161. The van der Waals surface area contributed by atoms with Crippen molar-refractivity contribution in [1.29, 1.82) is 0 Å². The van der Waals surface area contributed by atoms with Gasteiger partial charge in [0.2, 0.25) is 0 Å². The van der Waals surface area contributed by atoms with Crippen LogP contribution in [-0.4, -0.2) is 44.3 Å². The normalized spacial score (nSPS) is 19.8. The fourth-order valence-corrected chi connectivity index (χ4v) is 2.26. The van der Waals surface area contributed by atoms with E-state index in [2.05, 4.69) is 57.5 Å². The number of likely N-dealkylation sites (N-methyl/N-ethyl adjacent to an activating group) is 1. The molecule has 0 aliphatic carbocycles. The van der Waals surface area contributed by atoms with Crippen molar-refractivity contribution in [2.45, 2.75) is 12.5 Å². The van der Waals surface area contributed by atoms with Crippen molar-refractivity contribution < 1.29 is 4.74 Å². The SMILES string of the molecule is CN(CCNc1ccc(Br)cc1)C1CCOC1. The molecular weight excluding hydrogens is 280 g/mol. The first-order valence-electron chi connectivity index (χ1n) is 6.03. The zero-order chi connectivity index (χ0) is 12.1. The third-order valence-corrected chi connectivity index (χ3v) is 3.70. The van der Waals surface area contributed by atoms with Crippen molar-refractivity contribution in [2.24, 2.45) is 0 Å². The zero-order valence-electron chi connectivity index (χ0n) is 10.2. The maximum absolute atomic E-state index is 5.39. The molecule has 1 aliphatic heterocycles. The van der Waals surface area contributed by atoms with Crippen LogP contribution in [0, 0.1) is 0 Å². The predicted octanol–water partition coefficient (Wildman–Crippen LogP) is 2.58. The van der Waals surface area contributed by atoms with Gasteiger partial charge in [-0.25, -0.2) is 0 Å². The highest BCUT2D eigenvalue weighted by molar-refractivity contribution is 9.10. The number of benzene rings is 1. The van der Waals surface area contributed by atoms with Gasteiger partial charge in [-0.1, -0.05) is 15.9 Å². The first-order valence-corrected chi connectivity index (χ1v) is 6.82. The van der Waals surface area contributed by atoms with Gasteiger partial charge in [0.1, 0.15) is 0 Å². The molecule has 1 aromatic rings. The average molecular weight is 299 g/mol. The summed E-state index contributed by atoms with van der Waals surface area (Å²) in [7, 11) is 2.17. The number of anilines is 1. The topological polar surface area (TPSA) is 24.5 Å². The Labute approximate surface area is 111 Å². The van der Waals surface area contributed by atoms with Crippen molar-refractivity contribution in [3.63, 3.8) is 0 Å². The van der Waals surface area contributed by atoms with E-state index in [9.17, 15) is 0 Å². The Morgan fingerprint density at radius 3 is 2.82 bits per heavy atom. The van der Waals surface area contributed by atoms with Gasteiger partial charge in [-0.15, -0.1) is 0 Å². The van der Waals surface area contributed by atoms with Crippen LogP contribution in [-0.2, 0) is 4.74 Å². The molecule has 0 spiro atoms.